The van der Waals surface area contributed by atoms with Gasteiger partial charge in [0.2, 0.25) is 0 Å². The van der Waals surface area contributed by atoms with Gasteiger partial charge in [-0.1, -0.05) is 13.0 Å². The highest BCUT2D eigenvalue weighted by Crippen LogP contribution is 2.19. The number of aromatic amines is 1. The van der Waals surface area contributed by atoms with Crippen molar-refractivity contribution in [1.29, 1.82) is 0 Å². The number of aromatic hydroxyl groups is 1. The number of anilines is 1. The second kappa shape index (κ2) is 4.91. The fourth-order valence-electron chi connectivity index (χ4n) is 1.62. The molecule has 2 aromatic rings. The average molecular weight is 245 g/mol. The Morgan fingerprint density at radius 3 is 2.94 bits per heavy atom. The maximum Gasteiger partial charge on any atom is 0.256 e. The molecule has 0 atom stereocenters. The molecular weight excluding hydrogens is 230 g/mol. The SMILES string of the molecule is CCc1cn[nH]c1NC(=O)c1ccc(C)c(O)c1. The number of hydrogen-bond acceptors (Lipinski definition) is 3. The Morgan fingerprint density at radius 2 is 2.28 bits per heavy atom. The van der Waals surface area contributed by atoms with Gasteiger partial charge in [-0.25, -0.2) is 0 Å². The number of hydrogen-bond donors (Lipinski definition) is 3. The molecule has 0 saturated carbocycles. The minimum absolute atomic E-state index is 0.114. The van der Waals surface area contributed by atoms with E-state index >= 15 is 0 Å². The van der Waals surface area contributed by atoms with Gasteiger partial charge in [-0.2, -0.15) is 5.10 Å². The number of rotatable bonds is 3. The highest BCUT2D eigenvalue weighted by molar-refractivity contribution is 6.04. The van der Waals surface area contributed by atoms with Crippen molar-refractivity contribution in [3.63, 3.8) is 0 Å². The Labute approximate surface area is 105 Å². The van der Waals surface area contributed by atoms with E-state index in [0.717, 1.165) is 17.5 Å². The van der Waals surface area contributed by atoms with E-state index in [4.69, 9.17) is 0 Å². The standard InChI is InChI=1S/C13H15N3O2/c1-3-9-7-14-16-12(9)15-13(18)10-5-4-8(2)11(17)6-10/h4-7,17H,3H2,1-2H3,(H2,14,15,16,18). The summed E-state index contributed by atoms with van der Waals surface area (Å²) in [5.74, 6) is 0.440. The van der Waals surface area contributed by atoms with E-state index in [1.54, 1.807) is 25.3 Å². The molecule has 0 unspecified atom stereocenters. The van der Waals surface area contributed by atoms with E-state index in [-0.39, 0.29) is 11.7 Å². The fraction of sp³-hybridized carbons (Fsp3) is 0.231. The largest absolute Gasteiger partial charge is 0.508 e. The van der Waals surface area contributed by atoms with Crippen LogP contribution in [-0.4, -0.2) is 21.2 Å². The smallest absolute Gasteiger partial charge is 0.256 e. The van der Waals surface area contributed by atoms with E-state index in [9.17, 15) is 9.90 Å². The summed E-state index contributed by atoms with van der Waals surface area (Å²) in [4.78, 5) is 12.0. The molecule has 1 amide bonds. The van der Waals surface area contributed by atoms with Crippen LogP contribution < -0.4 is 5.32 Å². The molecule has 1 heterocycles. The molecule has 0 radical (unpaired) electrons. The second-order valence-corrected chi connectivity index (χ2v) is 4.08. The third kappa shape index (κ3) is 2.34. The monoisotopic (exact) mass is 245 g/mol. The summed E-state index contributed by atoms with van der Waals surface area (Å²) in [6.07, 6.45) is 2.47. The van der Waals surface area contributed by atoms with Crippen LogP contribution in [0.1, 0.15) is 28.4 Å². The van der Waals surface area contributed by atoms with Crippen molar-refractivity contribution in [2.24, 2.45) is 0 Å². The number of benzene rings is 1. The van der Waals surface area contributed by atoms with Gasteiger partial charge in [0.25, 0.3) is 5.91 Å². The maximum absolute atomic E-state index is 12.0. The van der Waals surface area contributed by atoms with E-state index < -0.39 is 0 Å². The van der Waals surface area contributed by atoms with Crippen LogP contribution >= 0.6 is 0 Å². The van der Waals surface area contributed by atoms with Crippen molar-refractivity contribution in [3.05, 3.63) is 41.1 Å². The first-order chi connectivity index (χ1) is 8.61. The Morgan fingerprint density at radius 1 is 1.50 bits per heavy atom. The van der Waals surface area contributed by atoms with Gasteiger partial charge in [-0.05, 0) is 31.0 Å². The fourth-order valence-corrected chi connectivity index (χ4v) is 1.62. The number of H-pyrrole nitrogens is 1. The molecule has 0 aliphatic carbocycles. The van der Waals surface area contributed by atoms with Crippen molar-refractivity contribution >= 4 is 11.7 Å². The summed E-state index contributed by atoms with van der Waals surface area (Å²) >= 11 is 0. The summed E-state index contributed by atoms with van der Waals surface area (Å²) in [5, 5.41) is 18.9. The molecule has 94 valence electrons. The molecule has 5 heteroatoms. The topological polar surface area (TPSA) is 78.0 Å². The predicted molar refractivity (Wildman–Crippen MR) is 68.8 cm³/mol. The van der Waals surface area contributed by atoms with Gasteiger partial charge in [-0.3, -0.25) is 9.89 Å². The number of carbonyl (C=O) groups is 1. The molecule has 0 aliphatic rings. The van der Waals surface area contributed by atoms with E-state index in [1.165, 1.54) is 6.07 Å². The minimum Gasteiger partial charge on any atom is -0.508 e. The van der Waals surface area contributed by atoms with Crippen molar-refractivity contribution < 1.29 is 9.90 Å². The molecule has 0 saturated heterocycles. The molecule has 5 nitrogen and oxygen atoms in total. The second-order valence-electron chi connectivity index (χ2n) is 4.08. The normalized spacial score (nSPS) is 10.3. The van der Waals surface area contributed by atoms with E-state index in [2.05, 4.69) is 15.5 Å². The van der Waals surface area contributed by atoms with Gasteiger partial charge in [0.15, 0.2) is 0 Å². The molecule has 1 aromatic heterocycles. The summed E-state index contributed by atoms with van der Waals surface area (Å²) in [6.45, 7) is 3.76. The highest BCUT2D eigenvalue weighted by atomic mass is 16.3. The Hall–Kier alpha value is -2.30. The van der Waals surface area contributed by atoms with Gasteiger partial charge >= 0.3 is 0 Å². The van der Waals surface area contributed by atoms with Crippen molar-refractivity contribution in [1.82, 2.24) is 10.2 Å². The van der Waals surface area contributed by atoms with E-state index in [0.29, 0.717) is 11.4 Å². The van der Waals surface area contributed by atoms with Crippen LogP contribution in [0.4, 0.5) is 5.82 Å². The van der Waals surface area contributed by atoms with Crippen LogP contribution in [-0.2, 0) is 6.42 Å². The molecule has 3 N–H and O–H groups in total. The van der Waals surface area contributed by atoms with Crippen LogP contribution in [0.15, 0.2) is 24.4 Å². The van der Waals surface area contributed by atoms with Gasteiger partial charge < -0.3 is 10.4 Å². The molecule has 1 aromatic carbocycles. The minimum atomic E-state index is -0.274. The van der Waals surface area contributed by atoms with Crippen molar-refractivity contribution in [3.8, 4) is 5.75 Å². The van der Waals surface area contributed by atoms with Crippen LogP contribution in [0.3, 0.4) is 0 Å². The lowest BCUT2D eigenvalue weighted by Gasteiger charge is -2.06. The van der Waals surface area contributed by atoms with Crippen molar-refractivity contribution in [2.45, 2.75) is 20.3 Å². The molecule has 0 fully saturated rings. The zero-order valence-corrected chi connectivity index (χ0v) is 10.3. The third-order valence-electron chi connectivity index (χ3n) is 2.81. The first-order valence-corrected chi connectivity index (χ1v) is 5.75. The Kier molecular flexibility index (Phi) is 3.32. The predicted octanol–water partition coefficient (Wildman–Crippen LogP) is 2.24. The van der Waals surface area contributed by atoms with E-state index in [1.807, 2.05) is 6.92 Å². The van der Waals surface area contributed by atoms with Crippen LogP contribution in [0.2, 0.25) is 0 Å². The Balaban J connectivity index is 2.19. The van der Waals surface area contributed by atoms with Gasteiger partial charge in [0, 0.05) is 11.1 Å². The summed E-state index contributed by atoms with van der Waals surface area (Å²) < 4.78 is 0. The average Bonchev–Trinajstić information content (AvgIpc) is 2.79. The van der Waals surface area contributed by atoms with Crippen LogP contribution in [0, 0.1) is 6.92 Å². The van der Waals surface area contributed by atoms with Gasteiger partial charge in [0.1, 0.15) is 11.6 Å². The Bertz CT molecular complexity index is 575. The summed E-state index contributed by atoms with van der Waals surface area (Å²) in [5.41, 5.74) is 2.09. The van der Waals surface area contributed by atoms with Crippen LogP contribution in [0.5, 0.6) is 5.75 Å². The number of carbonyl (C=O) groups excluding carboxylic acids is 1. The number of phenols is 1. The number of aromatic nitrogens is 2. The molecular formula is C13H15N3O2. The summed E-state index contributed by atoms with van der Waals surface area (Å²) in [6, 6.07) is 4.83. The van der Waals surface area contributed by atoms with Crippen molar-refractivity contribution in [2.75, 3.05) is 5.32 Å². The number of nitrogens with zero attached hydrogens (tertiary/aromatic N) is 1. The van der Waals surface area contributed by atoms with Crippen LogP contribution in [0.25, 0.3) is 0 Å². The highest BCUT2D eigenvalue weighted by Gasteiger charge is 2.11. The van der Waals surface area contributed by atoms with Gasteiger partial charge in [0.05, 0.1) is 6.20 Å². The lowest BCUT2D eigenvalue weighted by Crippen LogP contribution is -2.13. The summed E-state index contributed by atoms with van der Waals surface area (Å²) in [7, 11) is 0. The first-order valence-electron chi connectivity index (χ1n) is 5.75. The number of aryl methyl sites for hydroxylation is 2. The first kappa shape index (κ1) is 12.2. The molecule has 18 heavy (non-hydrogen) atoms. The lowest BCUT2D eigenvalue weighted by atomic mass is 10.1. The number of nitrogens with one attached hydrogen (secondary N) is 2. The number of phenolic OH excluding ortho intramolecular Hbond substituents is 1. The quantitative estimate of drug-likeness (QED) is 0.776. The third-order valence-corrected chi connectivity index (χ3v) is 2.81. The lowest BCUT2D eigenvalue weighted by molar-refractivity contribution is 0.102. The molecule has 0 aliphatic heterocycles. The molecule has 2 rings (SSSR count). The zero-order chi connectivity index (χ0) is 13.1. The zero-order valence-electron chi connectivity index (χ0n) is 10.3. The maximum atomic E-state index is 12.0. The molecule has 0 spiro atoms. The molecule has 0 bridgehead atoms. The van der Waals surface area contributed by atoms with Gasteiger partial charge in [-0.15, -0.1) is 0 Å². The number of amides is 1.